The first-order valence-electron chi connectivity index (χ1n) is 2.76. The normalized spacial score (nSPS) is 12.4. The van der Waals surface area contributed by atoms with Crippen LogP contribution in [0.15, 0.2) is 0 Å². The summed E-state index contributed by atoms with van der Waals surface area (Å²) in [6.45, 7) is 4.06. The van der Waals surface area contributed by atoms with E-state index >= 15 is 0 Å². The molecule has 0 aliphatic carbocycles. The van der Waals surface area contributed by atoms with Crippen molar-refractivity contribution in [1.82, 2.24) is 0 Å². The lowest BCUT2D eigenvalue weighted by Gasteiger charge is -2.02. The average molecular weight is 152 g/mol. The summed E-state index contributed by atoms with van der Waals surface area (Å²) in [5.41, 5.74) is 0. The van der Waals surface area contributed by atoms with Crippen LogP contribution < -0.4 is 0 Å². The van der Waals surface area contributed by atoms with Gasteiger partial charge in [-0.15, -0.1) is 0 Å². The van der Waals surface area contributed by atoms with Gasteiger partial charge in [0, 0.05) is 0 Å². The average Bonchev–Trinajstić information content (AvgIpc) is 1.59. The van der Waals surface area contributed by atoms with Gasteiger partial charge in [0.15, 0.2) is 0 Å². The van der Waals surface area contributed by atoms with Crippen LogP contribution in [0.4, 0.5) is 0 Å². The van der Waals surface area contributed by atoms with Crippen LogP contribution >= 0.6 is 0 Å². The van der Waals surface area contributed by atoms with Crippen molar-refractivity contribution < 1.29 is 12.6 Å². The van der Waals surface area contributed by atoms with Gasteiger partial charge in [-0.1, -0.05) is 13.8 Å². The lowest BCUT2D eigenvalue weighted by molar-refractivity contribution is 0.278. The summed E-state index contributed by atoms with van der Waals surface area (Å²) in [7, 11) is -3.22. The lowest BCUT2D eigenvalue weighted by atomic mass is 10.2. The predicted octanol–water partition coefficient (Wildman–Crippen LogP) is 0.619. The van der Waals surface area contributed by atoms with Crippen molar-refractivity contribution in [2.24, 2.45) is 5.92 Å². The van der Waals surface area contributed by atoms with Crippen molar-refractivity contribution in [1.29, 1.82) is 0 Å². The van der Waals surface area contributed by atoms with Crippen molar-refractivity contribution in [3.05, 3.63) is 0 Å². The molecule has 0 aliphatic heterocycles. The van der Waals surface area contributed by atoms with E-state index in [1.807, 2.05) is 13.8 Å². The first kappa shape index (κ1) is 8.91. The van der Waals surface area contributed by atoms with Crippen LogP contribution in [0.1, 0.15) is 13.8 Å². The van der Waals surface area contributed by atoms with E-state index in [0.29, 0.717) is 0 Å². The molecular formula is C5H12O3S. The molecule has 0 aromatic heterocycles. The van der Waals surface area contributed by atoms with Crippen LogP contribution in [-0.4, -0.2) is 21.3 Å². The Kier molecular flexibility index (Phi) is 3.14. The van der Waals surface area contributed by atoms with Gasteiger partial charge in [-0.3, -0.25) is 4.18 Å². The molecule has 0 unspecified atom stereocenters. The molecular weight excluding hydrogens is 140 g/mol. The Labute approximate surface area is 56.1 Å². The molecule has 0 radical (unpaired) electrons. The van der Waals surface area contributed by atoms with Gasteiger partial charge in [0.05, 0.1) is 12.9 Å². The van der Waals surface area contributed by atoms with Crippen LogP contribution in [0, 0.1) is 5.92 Å². The van der Waals surface area contributed by atoms with Crippen LogP contribution in [0.25, 0.3) is 0 Å². The minimum atomic E-state index is -3.22. The zero-order chi connectivity index (χ0) is 7.49. The van der Waals surface area contributed by atoms with Crippen molar-refractivity contribution >= 4 is 10.1 Å². The molecule has 0 saturated carbocycles. The van der Waals surface area contributed by atoms with Crippen LogP contribution in [0.3, 0.4) is 0 Å². The summed E-state index contributed by atoms with van der Waals surface area (Å²) in [6.07, 6.45) is 1.05. The Bertz CT molecular complexity index is 157. The highest BCUT2D eigenvalue weighted by atomic mass is 32.2. The van der Waals surface area contributed by atoms with Gasteiger partial charge >= 0.3 is 0 Å². The molecule has 56 valence electrons. The second-order valence-electron chi connectivity index (χ2n) is 2.38. The van der Waals surface area contributed by atoms with Crippen molar-refractivity contribution in [2.45, 2.75) is 13.8 Å². The third-order valence-electron chi connectivity index (χ3n) is 0.615. The Morgan fingerprint density at radius 2 is 1.89 bits per heavy atom. The molecule has 0 aliphatic rings. The van der Waals surface area contributed by atoms with Crippen molar-refractivity contribution in [2.75, 3.05) is 12.9 Å². The predicted molar refractivity (Wildman–Crippen MR) is 35.6 cm³/mol. The summed E-state index contributed by atoms with van der Waals surface area (Å²) >= 11 is 0. The van der Waals surface area contributed by atoms with Crippen molar-refractivity contribution in [3.8, 4) is 0 Å². The highest BCUT2D eigenvalue weighted by molar-refractivity contribution is 7.85. The highest BCUT2D eigenvalue weighted by Crippen LogP contribution is 1.95. The summed E-state index contributed by atoms with van der Waals surface area (Å²) in [5.74, 6) is 0.264. The van der Waals surface area contributed by atoms with E-state index < -0.39 is 10.1 Å². The largest absolute Gasteiger partial charge is 0.270 e. The van der Waals surface area contributed by atoms with E-state index in [4.69, 9.17) is 0 Å². The molecule has 0 bridgehead atoms. The topological polar surface area (TPSA) is 43.4 Å². The molecule has 0 amide bonds. The Morgan fingerprint density at radius 1 is 1.44 bits per heavy atom. The number of hydrogen-bond acceptors (Lipinski definition) is 3. The molecule has 0 aromatic carbocycles. The van der Waals surface area contributed by atoms with E-state index in [9.17, 15) is 8.42 Å². The highest BCUT2D eigenvalue weighted by Gasteiger charge is 2.01. The van der Waals surface area contributed by atoms with E-state index in [0.717, 1.165) is 6.26 Å². The van der Waals surface area contributed by atoms with E-state index in [1.165, 1.54) is 0 Å². The van der Waals surface area contributed by atoms with Crippen molar-refractivity contribution in [3.63, 3.8) is 0 Å². The molecule has 4 heteroatoms. The molecule has 0 fully saturated rings. The first-order chi connectivity index (χ1) is 3.92. The summed E-state index contributed by atoms with van der Waals surface area (Å²) in [6, 6.07) is 0. The Balaban J connectivity index is 3.53. The Morgan fingerprint density at radius 3 is 2.00 bits per heavy atom. The smallest absolute Gasteiger partial charge is 0.264 e. The maximum Gasteiger partial charge on any atom is 0.264 e. The van der Waals surface area contributed by atoms with Crippen LogP contribution in [0.2, 0.25) is 0 Å². The summed E-state index contributed by atoms with van der Waals surface area (Å²) < 4.78 is 25.1. The monoisotopic (exact) mass is 152 g/mol. The standard InChI is InChI=1S/C5H12O3S/c1-5(2)4-8-9(3,6)7/h5H,4H2,1-3H3. The van der Waals surface area contributed by atoms with Gasteiger partial charge in [0.1, 0.15) is 0 Å². The molecule has 0 rings (SSSR count). The molecule has 3 nitrogen and oxygen atoms in total. The second kappa shape index (κ2) is 3.17. The zero-order valence-corrected chi connectivity index (χ0v) is 6.73. The molecule has 0 aromatic rings. The van der Waals surface area contributed by atoms with E-state index in [2.05, 4.69) is 4.18 Å². The van der Waals surface area contributed by atoms with Crippen LogP contribution in [-0.2, 0) is 14.3 Å². The fraction of sp³-hybridized carbons (Fsp3) is 1.00. The van der Waals surface area contributed by atoms with Gasteiger partial charge in [0.25, 0.3) is 10.1 Å². The van der Waals surface area contributed by atoms with Gasteiger partial charge in [-0.2, -0.15) is 8.42 Å². The molecule has 9 heavy (non-hydrogen) atoms. The first-order valence-corrected chi connectivity index (χ1v) is 4.58. The number of rotatable bonds is 3. The third kappa shape index (κ3) is 7.91. The quantitative estimate of drug-likeness (QED) is 0.557. The van der Waals surface area contributed by atoms with Gasteiger partial charge in [-0.25, -0.2) is 0 Å². The summed E-state index contributed by atoms with van der Waals surface area (Å²) in [5, 5.41) is 0. The lowest BCUT2D eigenvalue weighted by Crippen LogP contribution is -2.08. The van der Waals surface area contributed by atoms with Gasteiger partial charge < -0.3 is 0 Å². The third-order valence-corrected chi connectivity index (χ3v) is 1.18. The minimum Gasteiger partial charge on any atom is -0.270 e. The maximum atomic E-state index is 10.3. The van der Waals surface area contributed by atoms with E-state index in [1.54, 1.807) is 0 Å². The molecule has 0 spiro atoms. The van der Waals surface area contributed by atoms with E-state index in [-0.39, 0.29) is 12.5 Å². The fourth-order valence-corrected chi connectivity index (χ4v) is 0.779. The molecule has 0 N–H and O–H groups in total. The second-order valence-corrected chi connectivity index (χ2v) is 4.03. The Hall–Kier alpha value is -0.0900. The number of hydrogen-bond donors (Lipinski definition) is 0. The minimum absolute atomic E-state index is 0.264. The molecule has 0 atom stereocenters. The molecule has 0 saturated heterocycles. The van der Waals surface area contributed by atoms with Gasteiger partial charge in [0.2, 0.25) is 0 Å². The SMILES string of the molecule is CC(C)COS(C)(=O)=O. The van der Waals surface area contributed by atoms with Gasteiger partial charge in [-0.05, 0) is 5.92 Å². The zero-order valence-electron chi connectivity index (χ0n) is 5.92. The fourth-order valence-electron chi connectivity index (χ4n) is 0.260. The maximum absolute atomic E-state index is 10.3. The van der Waals surface area contributed by atoms with Crippen LogP contribution in [0.5, 0.6) is 0 Å². The molecule has 0 heterocycles. The summed E-state index contributed by atoms with van der Waals surface area (Å²) in [4.78, 5) is 0.